The van der Waals surface area contributed by atoms with E-state index in [1.807, 2.05) is 42.8 Å². The first-order chi connectivity index (χ1) is 21.8. The van der Waals surface area contributed by atoms with E-state index in [1.165, 1.54) is 6.20 Å². The maximum Gasteiger partial charge on any atom is 3.00 e. The van der Waals surface area contributed by atoms with Crippen LogP contribution in [-0.4, -0.2) is 11.2 Å². The van der Waals surface area contributed by atoms with E-state index in [2.05, 4.69) is 17.6 Å². The Morgan fingerprint density at radius 3 is 2.89 bits per heavy atom. The van der Waals surface area contributed by atoms with Crippen molar-refractivity contribution < 1.29 is 37.9 Å². The van der Waals surface area contributed by atoms with Gasteiger partial charge in [0.25, 0.3) is 0 Å². The molecule has 0 fully saturated rings. The molecular formula is C31H29IrN2S. The number of benzene rings is 2. The maximum absolute atomic E-state index is 8.30. The summed E-state index contributed by atoms with van der Waals surface area (Å²) in [5.41, 5.74) is 0.794. The topological polar surface area (TPSA) is 35.2 Å². The van der Waals surface area contributed by atoms with E-state index in [-0.39, 0.29) is 43.4 Å². The van der Waals surface area contributed by atoms with Crippen molar-refractivity contribution in [3.05, 3.63) is 126 Å². The van der Waals surface area contributed by atoms with Gasteiger partial charge in [0.2, 0.25) is 0 Å². The summed E-state index contributed by atoms with van der Waals surface area (Å²) < 4.78 is 96.4. The zero-order chi connectivity index (χ0) is 35.3. The van der Waals surface area contributed by atoms with Gasteiger partial charge in [0.1, 0.15) is 0 Å². The quantitative estimate of drug-likeness (QED) is 0.122. The van der Waals surface area contributed by atoms with Gasteiger partial charge in [0.15, 0.2) is 0 Å². The van der Waals surface area contributed by atoms with Gasteiger partial charge in [-0.2, -0.15) is 17.6 Å². The van der Waals surface area contributed by atoms with Gasteiger partial charge in [-0.15, -0.1) is 35.4 Å². The molecule has 2 heterocycles. The molecule has 178 valence electrons. The minimum Gasteiger partial charge on any atom is -0.811 e. The molecule has 0 N–H and O–H groups in total. The van der Waals surface area contributed by atoms with Crippen molar-refractivity contribution in [2.45, 2.75) is 27.0 Å². The fourth-order valence-electron chi connectivity index (χ4n) is 2.95. The Morgan fingerprint density at radius 2 is 2.17 bits per heavy atom. The second-order valence-corrected chi connectivity index (χ2v) is 7.91. The van der Waals surface area contributed by atoms with Crippen molar-refractivity contribution in [3.8, 4) is 11.3 Å². The predicted octanol–water partition coefficient (Wildman–Crippen LogP) is 9.08. The second-order valence-electron chi connectivity index (χ2n) is 6.86. The number of rotatable bonds is 3. The number of allylic oxidation sites excluding steroid dienone is 7. The van der Waals surface area contributed by atoms with Gasteiger partial charge in [0, 0.05) is 23.2 Å². The Hall–Kier alpha value is -3.04. The Labute approximate surface area is 244 Å². The Bertz CT molecular complexity index is 1880. The molecule has 0 unspecified atom stereocenters. The van der Waals surface area contributed by atoms with Crippen molar-refractivity contribution in [2.24, 2.45) is 0 Å². The number of aryl methyl sites for hydroxylation is 1. The monoisotopic (exact) mass is 667 g/mol. The number of aromatic nitrogens is 1. The zero-order valence-electron chi connectivity index (χ0n) is 31.5. The molecule has 0 bridgehead atoms. The number of fused-ring (bicyclic) bond motifs is 3. The standard InChI is InChI=1S/C18H12NS.C7H9.C6H8N.Ir/c1-12-9-10-16(19-11-12)15-7-4-6-14-13-5-2-3-8-17(13)20-18(14)15;1-7-5-3-2-4-6-7;1-6(2)4-3-5-7;/h2-6,8-11H,1H3;2-5H,6H2,1H3;3-5H,1H2,2H3;/q3*-1;+3/b;;4-3-;/i1D3,9D,10D;1D3;2D3,3D,4D;. The average Bonchev–Trinajstić information content (AvgIpc) is 3.40. The number of thiophene rings is 1. The largest absolute Gasteiger partial charge is 3.00 e. The zero-order valence-corrected chi connectivity index (χ0v) is 21.7. The molecule has 2 aromatic carbocycles. The molecule has 2 aromatic heterocycles. The van der Waals surface area contributed by atoms with E-state index in [0.29, 0.717) is 23.8 Å². The molecular weight excluding hydrogens is 625 g/mol. The van der Waals surface area contributed by atoms with Gasteiger partial charge >= 0.3 is 20.1 Å². The molecule has 1 aliphatic carbocycles. The van der Waals surface area contributed by atoms with Gasteiger partial charge < -0.3 is 10.4 Å². The summed E-state index contributed by atoms with van der Waals surface area (Å²) in [6.45, 7) is -3.70. The number of hydrogen-bond donors (Lipinski definition) is 0. The van der Waals surface area contributed by atoms with Crippen LogP contribution in [0.1, 0.15) is 43.5 Å². The molecule has 0 saturated carbocycles. The van der Waals surface area contributed by atoms with Crippen LogP contribution in [-0.2, 0) is 20.1 Å². The molecule has 0 saturated heterocycles. The van der Waals surface area contributed by atoms with Crippen molar-refractivity contribution in [1.29, 1.82) is 0 Å². The third-order valence-electron chi connectivity index (χ3n) is 4.38. The van der Waals surface area contributed by atoms with Crippen molar-refractivity contribution in [1.82, 2.24) is 4.98 Å². The fraction of sp³-hybridized carbons (Fsp3) is 0.129. The second kappa shape index (κ2) is 14.4. The van der Waals surface area contributed by atoms with Crippen molar-refractivity contribution in [3.63, 3.8) is 0 Å². The van der Waals surface area contributed by atoms with Crippen molar-refractivity contribution in [2.75, 3.05) is 0 Å². The van der Waals surface area contributed by atoms with Crippen molar-refractivity contribution >= 4 is 37.7 Å². The van der Waals surface area contributed by atoms with E-state index in [4.69, 9.17) is 23.2 Å². The van der Waals surface area contributed by atoms with Crippen LogP contribution in [0.15, 0.2) is 103 Å². The van der Waals surface area contributed by atoms with Gasteiger partial charge in [-0.3, -0.25) is 0 Å². The minimum atomic E-state index is -2.48. The summed E-state index contributed by atoms with van der Waals surface area (Å²) in [4.78, 5) is 4.20. The fourth-order valence-corrected chi connectivity index (χ4v) is 4.15. The van der Waals surface area contributed by atoms with Crippen LogP contribution >= 0.6 is 11.3 Å². The van der Waals surface area contributed by atoms with Gasteiger partial charge in [-0.25, -0.2) is 18.6 Å². The number of pyridine rings is 1. The minimum absolute atomic E-state index is 0. The van der Waals surface area contributed by atoms with Crippen LogP contribution in [0.4, 0.5) is 0 Å². The summed E-state index contributed by atoms with van der Waals surface area (Å²) >= 11 is 1.58. The molecule has 2 nitrogen and oxygen atoms in total. The normalized spacial score (nSPS) is 19.0. The van der Waals surface area contributed by atoms with Crippen LogP contribution in [0, 0.1) is 19.3 Å². The third kappa shape index (κ3) is 8.29. The first-order valence-corrected chi connectivity index (χ1v) is 10.9. The van der Waals surface area contributed by atoms with Gasteiger partial charge in [0.05, 0.1) is 5.48 Å². The summed E-state index contributed by atoms with van der Waals surface area (Å²) in [6, 6.07) is 13.3. The van der Waals surface area contributed by atoms with E-state index in [9.17, 15) is 0 Å². The molecule has 1 aliphatic rings. The molecule has 0 radical (unpaired) electrons. The molecule has 35 heavy (non-hydrogen) atoms. The number of nitrogens with zero attached hydrogens (tertiary/aromatic N) is 2. The van der Waals surface area contributed by atoms with Crippen LogP contribution in [0.2, 0.25) is 0 Å². The van der Waals surface area contributed by atoms with E-state index in [0.717, 1.165) is 20.2 Å². The SMILES string of the molecule is [2H]/C(C=[N-])=C(\[2H])C(=C)C([2H])([2H])[2H].[2H]C([2H])([2H])C1=CC=C[CH-]C1.[2H]c1c(C([2H])([2H])[2H])cnc(-c2[c-]ccc3c2sc2ccccc23)c1[2H].[Ir+3]. The number of hydrogen-bond acceptors (Lipinski definition) is 2. The molecule has 0 spiro atoms. The maximum atomic E-state index is 8.30. The molecule has 0 atom stereocenters. The Kier molecular flexibility index (Phi) is 5.96. The van der Waals surface area contributed by atoms with E-state index in [1.54, 1.807) is 29.6 Å². The molecule has 5 rings (SSSR count). The van der Waals surface area contributed by atoms with E-state index >= 15 is 0 Å². The predicted molar refractivity (Wildman–Crippen MR) is 151 cm³/mol. The first-order valence-electron chi connectivity index (χ1n) is 16.6. The third-order valence-corrected chi connectivity index (χ3v) is 5.59. The smallest absolute Gasteiger partial charge is 0.811 e. The molecule has 4 aromatic rings. The summed E-state index contributed by atoms with van der Waals surface area (Å²) in [5, 5.41) is 10.5. The summed E-state index contributed by atoms with van der Waals surface area (Å²) in [7, 11) is 0. The first kappa shape index (κ1) is 14.5. The van der Waals surface area contributed by atoms with Gasteiger partial charge in [-0.1, -0.05) is 66.3 Å². The van der Waals surface area contributed by atoms with Crippen LogP contribution < -0.4 is 0 Å². The molecule has 0 aliphatic heterocycles. The summed E-state index contributed by atoms with van der Waals surface area (Å²) in [5.74, 6) is 0. The average molecular weight is 667 g/mol. The van der Waals surface area contributed by atoms with Crippen LogP contribution in [0.25, 0.3) is 36.8 Å². The Morgan fingerprint density at radius 1 is 1.29 bits per heavy atom. The van der Waals surface area contributed by atoms with E-state index < -0.39 is 38.2 Å². The summed E-state index contributed by atoms with van der Waals surface area (Å²) in [6.07, 6.45) is 9.23. The molecule has 4 heteroatoms. The van der Waals surface area contributed by atoms with Crippen LogP contribution in [0.5, 0.6) is 0 Å². The van der Waals surface area contributed by atoms with Gasteiger partial charge in [-0.05, 0) is 48.0 Å². The van der Waals surface area contributed by atoms with Crippen LogP contribution in [0.3, 0.4) is 0 Å². The molecule has 0 amide bonds. The Balaban J connectivity index is 0.000000292.